The van der Waals surface area contributed by atoms with E-state index in [1.807, 2.05) is 19.1 Å². The van der Waals surface area contributed by atoms with Crippen molar-refractivity contribution < 1.29 is 8.94 Å². The van der Waals surface area contributed by atoms with E-state index in [1.165, 1.54) is 5.56 Å². The summed E-state index contributed by atoms with van der Waals surface area (Å²) in [6.07, 6.45) is 3.41. The molecule has 1 aromatic carbocycles. The molecule has 0 atom stereocenters. The van der Waals surface area contributed by atoms with Crippen molar-refractivity contribution in [2.75, 3.05) is 13.6 Å². The van der Waals surface area contributed by atoms with Crippen LogP contribution in [0, 0.1) is 0 Å². The molecule has 2 heterocycles. The van der Waals surface area contributed by atoms with Crippen LogP contribution in [-0.2, 0) is 24.8 Å². The van der Waals surface area contributed by atoms with Crippen LogP contribution in [0.1, 0.15) is 50.7 Å². The summed E-state index contributed by atoms with van der Waals surface area (Å²) in [6.45, 7) is 9.53. The molecule has 0 saturated heterocycles. The lowest BCUT2D eigenvalue weighted by molar-refractivity contribution is 0.379. The molecule has 8 heteroatoms. The molecule has 160 valence electrons. The van der Waals surface area contributed by atoms with Crippen molar-refractivity contribution in [3.05, 3.63) is 53.5 Å². The quantitative estimate of drug-likeness (QED) is 0.454. The van der Waals surface area contributed by atoms with Crippen molar-refractivity contribution in [2.45, 2.75) is 52.5 Å². The van der Waals surface area contributed by atoms with Crippen LogP contribution in [0.5, 0.6) is 0 Å². The average Bonchev–Trinajstić information content (AvgIpc) is 3.40. The van der Waals surface area contributed by atoms with Crippen molar-refractivity contribution in [3.8, 4) is 11.5 Å². The smallest absolute Gasteiger partial charge is 0.257 e. The van der Waals surface area contributed by atoms with Gasteiger partial charge in [0.1, 0.15) is 5.76 Å². The molecule has 30 heavy (non-hydrogen) atoms. The number of hydrogen-bond donors (Lipinski definition) is 2. The van der Waals surface area contributed by atoms with Crippen LogP contribution in [0.3, 0.4) is 0 Å². The molecule has 0 spiro atoms. The molecule has 8 nitrogen and oxygen atoms in total. The van der Waals surface area contributed by atoms with Gasteiger partial charge in [0.2, 0.25) is 5.89 Å². The zero-order valence-corrected chi connectivity index (χ0v) is 18.3. The largest absolute Gasteiger partial charge is 0.443 e. The Labute approximate surface area is 177 Å². The summed E-state index contributed by atoms with van der Waals surface area (Å²) in [5.41, 5.74) is 2.08. The van der Waals surface area contributed by atoms with Gasteiger partial charge < -0.3 is 19.6 Å². The summed E-state index contributed by atoms with van der Waals surface area (Å²) in [7, 11) is 1.75. The van der Waals surface area contributed by atoms with E-state index in [2.05, 4.69) is 63.7 Å². The lowest BCUT2D eigenvalue weighted by Gasteiger charge is -2.13. The van der Waals surface area contributed by atoms with Crippen LogP contribution in [0.15, 0.2) is 44.4 Å². The third kappa shape index (κ3) is 5.68. The second kappa shape index (κ2) is 9.56. The number of aromatic nitrogens is 3. The topological polar surface area (TPSA) is 101 Å². The standard InChI is InChI=1S/C22H30N6O2/c1-6-18-27-20(30-28-18)16-9-7-15(8-10-16)11-12-24-21(23-5)26-14-19-25-13-17(29-19)22(2,3)4/h7-10,13H,6,11-12,14H2,1-5H3,(H2,23,24,26). The highest BCUT2D eigenvalue weighted by Crippen LogP contribution is 2.22. The van der Waals surface area contributed by atoms with Crippen LogP contribution in [0.2, 0.25) is 0 Å². The Morgan fingerprint density at radius 2 is 1.90 bits per heavy atom. The van der Waals surface area contributed by atoms with E-state index in [0.29, 0.717) is 24.3 Å². The second-order valence-electron chi connectivity index (χ2n) is 8.04. The van der Waals surface area contributed by atoms with Gasteiger partial charge in [-0.15, -0.1) is 0 Å². The zero-order chi connectivity index (χ0) is 21.6. The summed E-state index contributed by atoms with van der Waals surface area (Å²) in [4.78, 5) is 12.9. The van der Waals surface area contributed by atoms with E-state index >= 15 is 0 Å². The number of aryl methyl sites for hydroxylation is 1. The molecule has 3 aromatic rings. The Morgan fingerprint density at radius 3 is 2.50 bits per heavy atom. The Balaban J connectivity index is 1.45. The molecule has 3 rings (SSSR count). The van der Waals surface area contributed by atoms with Gasteiger partial charge in [-0.2, -0.15) is 4.98 Å². The minimum Gasteiger partial charge on any atom is -0.443 e. The third-order valence-electron chi connectivity index (χ3n) is 4.61. The second-order valence-corrected chi connectivity index (χ2v) is 8.04. The monoisotopic (exact) mass is 410 g/mol. The van der Waals surface area contributed by atoms with Crippen molar-refractivity contribution in [1.82, 2.24) is 25.8 Å². The van der Waals surface area contributed by atoms with Crippen LogP contribution < -0.4 is 10.6 Å². The highest BCUT2D eigenvalue weighted by Gasteiger charge is 2.19. The highest BCUT2D eigenvalue weighted by molar-refractivity contribution is 5.79. The van der Waals surface area contributed by atoms with E-state index in [9.17, 15) is 0 Å². The molecule has 0 amide bonds. The number of guanidine groups is 1. The van der Waals surface area contributed by atoms with E-state index in [-0.39, 0.29) is 5.41 Å². The molecule has 2 N–H and O–H groups in total. The average molecular weight is 411 g/mol. The molecule has 0 radical (unpaired) electrons. The van der Waals surface area contributed by atoms with Gasteiger partial charge in [-0.1, -0.05) is 45.0 Å². The maximum absolute atomic E-state index is 5.80. The maximum Gasteiger partial charge on any atom is 0.257 e. The van der Waals surface area contributed by atoms with E-state index in [1.54, 1.807) is 13.2 Å². The summed E-state index contributed by atoms with van der Waals surface area (Å²) in [5, 5.41) is 10.5. The number of benzene rings is 1. The lowest BCUT2D eigenvalue weighted by atomic mass is 9.94. The number of aliphatic imine (C=N–C) groups is 1. The number of rotatable bonds is 7. The fourth-order valence-corrected chi connectivity index (χ4v) is 2.77. The summed E-state index contributed by atoms with van der Waals surface area (Å²) in [5.74, 6) is 3.50. The SMILES string of the molecule is CCc1noc(-c2ccc(CCNC(=NC)NCc3ncc(C(C)(C)C)o3)cc2)n1. The molecule has 2 aromatic heterocycles. The predicted molar refractivity (Wildman–Crippen MR) is 116 cm³/mol. The maximum atomic E-state index is 5.80. The summed E-state index contributed by atoms with van der Waals surface area (Å²) >= 11 is 0. The van der Waals surface area contributed by atoms with Gasteiger partial charge in [-0.05, 0) is 24.1 Å². The number of oxazole rings is 1. The molecule has 0 aliphatic rings. The fourth-order valence-electron chi connectivity index (χ4n) is 2.77. The first-order valence-electron chi connectivity index (χ1n) is 10.2. The Bertz CT molecular complexity index is 966. The minimum atomic E-state index is -0.0530. The molecule has 0 fully saturated rings. The van der Waals surface area contributed by atoms with Crippen molar-refractivity contribution >= 4 is 5.96 Å². The van der Waals surface area contributed by atoms with Crippen molar-refractivity contribution in [3.63, 3.8) is 0 Å². The summed E-state index contributed by atoms with van der Waals surface area (Å²) in [6, 6.07) is 8.16. The molecule has 0 bridgehead atoms. The Hall–Kier alpha value is -3.16. The zero-order valence-electron chi connectivity index (χ0n) is 18.3. The van der Waals surface area contributed by atoms with Gasteiger partial charge in [0.25, 0.3) is 5.89 Å². The minimum absolute atomic E-state index is 0.0530. The number of nitrogens with zero attached hydrogens (tertiary/aromatic N) is 4. The van der Waals surface area contributed by atoms with E-state index in [0.717, 1.165) is 36.5 Å². The lowest BCUT2D eigenvalue weighted by Crippen LogP contribution is -2.37. The Morgan fingerprint density at radius 1 is 1.13 bits per heavy atom. The molecular formula is C22H30N6O2. The highest BCUT2D eigenvalue weighted by atomic mass is 16.5. The number of hydrogen-bond acceptors (Lipinski definition) is 6. The normalized spacial score (nSPS) is 12.2. The van der Waals surface area contributed by atoms with Gasteiger partial charge >= 0.3 is 0 Å². The molecular weight excluding hydrogens is 380 g/mol. The van der Waals surface area contributed by atoms with Crippen LogP contribution in [0.25, 0.3) is 11.5 Å². The summed E-state index contributed by atoms with van der Waals surface area (Å²) < 4.78 is 11.1. The molecule has 0 unspecified atom stereocenters. The van der Waals surface area contributed by atoms with Crippen LogP contribution in [0.4, 0.5) is 0 Å². The first-order chi connectivity index (χ1) is 14.4. The van der Waals surface area contributed by atoms with Gasteiger partial charge in [0, 0.05) is 31.0 Å². The van der Waals surface area contributed by atoms with Gasteiger partial charge in [0.15, 0.2) is 11.8 Å². The van der Waals surface area contributed by atoms with Crippen LogP contribution >= 0.6 is 0 Å². The molecule has 0 saturated carbocycles. The van der Waals surface area contributed by atoms with Gasteiger partial charge in [-0.25, -0.2) is 4.98 Å². The number of nitrogens with one attached hydrogen (secondary N) is 2. The van der Waals surface area contributed by atoms with Crippen molar-refractivity contribution in [1.29, 1.82) is 0 Å². The first kappa shape index (κ1) is 21.5. The molecule has 0 aliphatic carbocycles. The van der Waals surface area contributed by atoms with Gasteiger partial charge in [-0.3, -0.25) is 4.99 Å². The van der Waals surface area contributed by atoms with E-state index in [4.69, 9.17) is 8.94 Å². The Kier molecular flexibility index (Phi) is 6.87. The molecule has 0 aliphatic heterocycles. The first-order valence-corrected chi connectivity index (χ1v) is 10.2. The third-order valence-corrected chi connectivity index (χ3v) is 4.61. The predicted octanol–water partition coefficient (Wildman–Crippen LogP) is 3.49. The van der Waals surface area contributed by atoms with Crippen LogP contribution in [-0.4, -0.2) is 34.7 Å². The fraction of sp³-hybridized carbons (Fsp3) is 0.455. The van der Waals surface area contributed by atoms with Gasteiger partial charge in [0.05, 0.1) is 12.7 Å². The van der Waals surface area contributed by atoms with E-state index < -0.39 is 0 Å². The van der Waals surface area contributed by atoms with Crippen molar-refractivity contribution in [2.24, 2.45) is 4.99 Å².